The summed E-state index contributed by atoms with van der Waals surface area (Å²) >= 11 is 7.13. The normalized spacial score (nSPS) is 15.5. The molecule has 1 saturated heterocycles. The minimum atomic E-state index is -0.225. The number of thioether (sulfide) groups is 1. The van der Waals surface area contributed by atoms with Gasteiger partial charge in [0.05, 0.1) is 16.5 Å². The van der Waals surface area contributed by atoms with Crippen LogP contribution in [0.1, 0.15) is 18.9 Å². The van der Waals surface area contributed by atoms with Crippen molar-refractivity contribution >= 4 is 51.5 Å². The molecule has 2 heterocycles. The fraction of sp³-hybridized carbons (Fsp3) is 0.217. The predicted molar refractivity (Wildman–Crippen MR) is 122 cm³/mol. The molecule has 0 saturated carbocycles. The number of ether oxygens (including phenoxy) is 1. The van der Waals surface area contributed by atoms with E-state index in [0.29, 0.717) is 28.8 Å². The van der Waals surface area contributed by atoms with Gasteiger partial charge in [-0.1, -0.05) is 41.9 Å². The van der Waals surface area contributed by atoms with Gasteiger partial charge in [-0.25, -0.2) is 0 Å². The number of amides is 2. The number of carbonyl (C=O) groups excluding carboxylic acids is 2. The fourth-order valence-corrected chi connectivity index (χ4v) is 4.55. The average Bonchev–Trinajstić information content (AvgIpc) is 3.23. The standard InChI is InChI=1S/C23H21ClN2O3S/c1-2-26-22(27)21(30-23(26)28)14-16-15-25(19-10-5-3-8-17(16)19)12-7-13-29-20-11-6-4-9-18(20)24/h3-6,8-11,14-15H,2,7,12-13H2,1H3/b21-14-. The lowest BCUT2D eigenvalue weighted by atomic mass is 10.1. The average molecular weight is 441 g/mol. The van der Waals surface area contributed by atoms with Crippen LogP contribution in [0, 0.1) is 0 Å². The third-order valence-corrected chi connectivity index (χ3v) is 6.15. The molecule has 0 atom stereocenters. The molecule has 1 aromatic heterocycles. The molecule has 5 nitrogen and oxygen atoms in total. The van der Waals surface area contributed by atoms with E-state index in [1.165, 1.54) is 4.90 Å². The lowest BCUT2D eigenvalue weighted by molar-refractivity contribution is -0.122. The van der Waals surface area contributed by atoms with Crippen LogP contribution in [0.25, 0.3) is 17.0 Å². The van der Waals surface area contributed by atoms with Gasteiger partial charge in [0, 0.05) is 35.8 Å². The second-order valence-corrected chi connectivity index (χ2v) is 8.25. The summed E-state index contributed by atoms with van der Waals surface area (Å²) in [5.41, 5.74) is 2.01. The van der Waals surface area contributed by atoms with Crippen LogP contribution in [0.3, 0.4) is 0 Å². The van der Waals surface area contributed by atoms with Gasteiger partial charge in [0.1, 0.15) is 5.75 Å². The molecule has 1 aliphatic heterocycles. The van der Waals surface area contributed by atoms with Crippen LogP contribution in [0.5, 0.6) is 5.75 Å². The van der Waals surface area contributed by atoms with Gasteiger partial charge in [0.2, 0.25) is 0 Å². The van der Waals surface area contributed by atoms with Crippen molar-refractivity contribution < 1.29 is 14.3 Å². The fourth-order valence-electron chi connectivity index (χ4n) is 3.47. The highest BCUT2D eigenvalue weighted by Gasteiger charge is 2.33. The largest absolute Gasteiger partial charge is 0.492 e. The molecule has 30 heavy (non-hydrogen) atoms. The number of carbonyl (C=O) groups is 2. The number of hydrogen-bond acceptors (Lipinski definition) is 4. The summed E-state index contributed by atoms with van der Waals surface area (Å²) < 4.78 is 7.94. The molecular formula is C23H21ClN2O3S. The van der Waals surface area contributed by atoms with Gasteiger partial charge in [0.25, 0.3) is 11.1 Å². The van der Waals surface area contributed by atoms with Crippen LogP contribution in [0.15, 0.2) is 59.6 Å². The predicted octanol–water partition coefficient (Wildman–Crippen LogP) is 5.82. The highest BCUT2D eigenvalue weighted by Crippen LogP contribution is 2.34. The summed E-state index contributed by atoms with van der Waals surface area (Å²) in [5, 5.41) is 1.44. The van der Waals surface area contributed by atoms with Gasteiger partial charge in [-0.3, -0.25) is 14.5 Å². The second kappa shape index (κ2) is 8.98. The van der Waals surface area contributed by atoms with Crippen LogP contribution in [-0.2, 0) is 11.3 Å². The zero-order chi connectivity index (χ0) is 21.1. The van der Waals surface area contributed by atoms with Gasteiger partial charge in [-0.15, -0.1) is 0 Å². The monoisotopic (exact) mass is 440 g/mol. The van der Waals surface area contributed by atoms with Crippen molar-refractivity contribution in [2.75, 3.05) is 13.2 Å². The number of benzene rings is 2. The Kier molecular flexibility index (Phi) is 6.16. The number of fused-ring (bicyclic) bond motifs is 1. The molecule has 1 fully saturated rings. The molecular weight excluding hydrogens is 420 g/mol. The molecule has 0 radical (unpaired) electrons. The van der Waals surface area contributed by atoms with Gasteiger partial charge >= 0.3 is 0 Å². The van der Waals surface area contributed by atoms with Gasteiger partial charge < -0.3 is 9.30 Å². The van der Waals surface area contributed by atoms with Crippen molar-refractivity contribution in [3.05, 3.63) is 70.2 Å². The molecule has 0 bridgehead atoms. The Bertz CT molecular complexity index is 1140. The lowest BCUT2D eigenvalue weighted by Crippen LogP contribution is -2.27. The molecule has 4 rings (SSSR count). The minimum Gasteiger partial charge on any atom is -0.492 e. The first kappa shape index (κ1) is 20.6. The molecule has 7 heteroatoms. The lowest BCUT2D eigenvalue weighted by Gasteiger charge is -2.09. The van der Waals surface area contributed by atoms with Crippen molar-refractivity contribution in [1.29, 1.82) is 0 Å². The number of hydrogen-bond donors (Lipinski definition) is 0. The summed E-state index contributed by atoms with van der Waals surface area (Å²) in [6.07, 6.45) is 4.65. The van der Waals surface area contributed by atoms with Crippen LogP contribution in [-0.4, -0.2) is 33.8 Å². The van der Waals surface area contributed by atoms with Crippen molar-refractivity contribution in [3.63, 3.8) is 0 Å². The zero-order valence-corrected chi connectivity index (χ0v) is 18.1. The van der Waals surface area contributed by atoms with E-state index in [1.807, 2.05) is 54.7 Å². The highest BCUT2D eigenvalue weighted by molar-refractivity contribution is 8.18. The van der Waals surface area contributed by atoms with E-state index in [2.05, 4.69) is 10.6 Å². The number of imide groups is 1. The summed E-state index contributed by atoms with van der Waals surface area (Å²) in [6, 6.07) is 15.5. The Morgan fingerprint density at radius 3 is 2.63 bits per heavy atom. The Balaban J connectivity index is 1.51. The Morgan fingerprint density at radius 2 is 1.87 bits per heavy atom. The molecule has 154 valence electrons. The number of likely N-dealkylation sites (N-methyl/N-ethyl adjacent to an activating group) is 1. The number of para-hydroxylation sites is 2. The van der Waals surface area contributed by atoms with Gasteiger partial charge in [0.15, 0.2) is 0 Å². The molecule has 0 spiro atoms. The van der Waals surface area contributed by atoms with Crippen molar-refractivity contribution in [3.8, 4) is 5.75 Å². The zero-order valence-electron chi connectivity index (χ0n) is 16.5. The van der Waals surface area contributed by atoms with E-state index in [1.54, 1.807) is 6.92 Å². The first-order chi connectivity index (χ1) is 14.6. The van der Waals surface area contributed by atoms with E-state index in [0.717, 1.165) is 41.2 Å². The Hall–Kier alpha value is -2.70. The van der Waals surface area contributed by atoms with Crippen LogP contribution in [0.2, 0.25) is 5.02 Å². The Morgan fingerprint density at radius 1 is 1.10 bits per heavy atom. The maximum atomic E-state index is 12.4. The van der Waals surface area contributed by atoms with Crippen LogP contribution < -0.4 is 4.74 Å². The smallest absolute Gasteiger partial charge is 0.293 e. The number of halogens is 1. The minimum absolute atomic E-state index is 0.214. The number of rotatable bonds is 7. The van der Waals surface area contributed by atoms with Crippen LogP contribution >= 0.6 is 23.4 Å². The number of aromatic nitrogens is 1. The molecule has 0 N–H and O–H groups in total. The molecule has 2 amide bonds. The first-order valence-corrected chi connectivity index (χ1v) is 11.0. The summed E-state index contributed by atoms with van der Waals surface area (Å²) in [7, 11) is 0. The topological polar surface area (TPSA) is 51.5 Å². The molecule has 1 aliphatic rings. The van der Waals surface area contributed by atoms with E-state index < -0.39 is 0 Å². The quantitative estimate of drug-likeness (QED) is 0.343. The van der Waals surface area contributed by atoms with E-state index in [4.69, 9.17) is 16.3 Å². The highest BCUT2D eigenvalue weighted by atomic mass is 35.5. The third kappa shape index (κ3) is 4.11. The number of nitrogens with zero attached hydrogens (tertiary/aromatic N) is 2. The third-order valence-electron chi connectivity index (χ3n) is 4.93. The van der Waals surface area contributed by atoms with E-state index >= 15 is 0 Å². The molecule has 0 aliphatic carbocycles. The molecule has 2 aromatic carbocycles. The van der Waals surface area contributed by atoms with Crippen molar-refractivity contribution in [2.24, 2.45) is 0 Å². The second-order valence-electron chi connectivity index (χ2n) is 6.85. The SMILES string of the molecule is CCN1C(=O)S/C(=C\c2cn(CCCOc3ccccc3Cl)c3ccccc23)C1=O. The maximum Gasteiger partial charge on any atom is 0.293 e. The summed E-state index contributed by atoms with van der Waals surface area (Å²) in [4.78, 5) is 26.2. The van der Waals surface area contributed by atoms with Gasteiger partial charge in [-0.2, -0.15) is 0 Å². The molecule has 0 unspecified atom stereocenters. The van der Waals surface area contributed by atoms with Crippen LogP contribution in [0.4, 0.5) is 4.79 Å². The van der Waals surface area contributed by atoms with Crippen molar-refractivity contribution in [2.45, 2.75) is 19.9 Å². The first-order valence-electron chi connectivity index (χ1n) is 9.79. The maximum absolute atomic E-state index is 12.4. The van der Waals surface area contributed by atoms with Crippen molar-refractivity contribution in [1.82, 2.24) is 9.47 Å². The van der Waals surface area contributed by atoms with E-state index in [-0.39, 0.29) is 11.1 Å². The Labute approximate surface area is 184 Å². The molecule has 3 aromatic rings. The van der Waals surface area contributed by atoms with Gasteiger partial charge in [-0.05, 0) is 49.4 Å². The summed E-state index contributed by atoms with van der Waals surface area (Å²) in [6.45, 7) is 3.49. The number of aryl methyl sites for hydroxylation is 1. The van der Waals surface area contributed by atoms with E-state index in [9.17, 15) is 9.59 Å². The summed E-state index contributed by atoms with van der Waals surface area (Å²) in [5.74, 6) is 0.460.